The average molecular weight is 263 g/mol. The molecule has 2 heterocycles. The van der Waals surface area contributed by atoms with Crippen molar-refractivity contribution in [2.75, 3.05) is 5.32 Å². The number of anilines is 1. The topological polar surface area (TPSA) is 29.9 Å². The van der Waals surface area contributed by atoms with Crippen molar-refractivity contribution in [3.05, 3.63) is 34.3 Å². The second-order valence-electron chi connectivity index (χ2n) is 4.90. The van der Waals surface area contributed by atoms with Gasteiger partial charge in [-0.25, -0.2) is 0 Å². The lowest BCUT2D eigenvalue weighted by Gasteiger charge is -2.22. The first-order chi connectivity index (χ1) is 8.61. The molecular weight excluding hydrogens is 242 g/mol. The Kier molecular flexibility index (Phi) is 4.07. The summed E-state index contributed by atoms with van der Waals surface area (Å²) in [4.78, 5) is 1.39. The molecule has 0 saturated heterocycles. The molecule has 18 heavy (non-hydrogen) atoms. The minimum absolute atomic E-state index is 0.361. The zero-order valence-electron chi connectivity index (χ0n) is 11.5. The molecule has 0 aromatic carbocycles. The van der Waals surface area contributed by atoms with E-state index in [0.717, 1.165) is 17.8 Å². The molecule has 0 bridgehead atoms. The van der Waals surface area contributed by atoms with Gasteiger partial charge >= 0.3 is 0 Å². The third kappa shape index (κ3) is 2.75. The molecule has 0 radical (unpaired) electrons. The lowest BCUT2D eigenvalue weighted by molar-refractivity contribution is 0.553. The van der Waals surface area contributed by atoms with Gasteiger partial charge in [0.1, 0.15) is 0 Å². The van der Waals surface area contributed by atoms with Crippen LogP contribution in [0.25, 0.3) is 0 Å². The molecule has 0 spiro atoms. The molecule has 0 amide bonds. The fourth-order valence-electron chi connectivity index (χ4n) is 2.12. The van der Waals surface area contributed by atoms with E-state index in [1.165, 1.54) is 4.88 Å². The van der Waals surface area contributed by atoms with Crippen LogP contribution in [0.1, 0.15) is 37.4 Å². The molecule has 1 atom stereocenters. The van der Waals surface area contributed by atoms with Crippen LogP contribution in [0.5, 0.6) is 0 Å². The van der Waals surface area contributed by atoms with E-state index in [9.17, 15) is 0 Å². The number of thiophene rings is 1. The van der Waals surface area contributed by atoms with Crippen molar-refractivity contribution in [3.63, 3.8) is 0 Å². The summed E-state index contributed by atoms with van der Waals surface area (Å²) < 4.78 is 1.88. The van der Waals surface area contributed by atoms with Crippen molar-refractivity contribution in [1.82, 2.24) is 9.78 Å². The summed E-state index contributed by atoms with van der Waals surface area (Å²) in [5.41, 5.74) is 2.30. The molecule has 2 rings (SSSR count). The first-order valence-electron chi connectivity index (χ1n) is 6.44. The number of rotatable bonds is 5. The quantitative estimate of drug-likeness (QED) is 0.888. The Hall–Kier alpha value is -1.29. The van der Waals surface area contributed by atoms with E-state index in [2.05, 4.69) is 54.9 Å². The van der Waals surface area contributed by atoms with Crippen LogP contribution in [0.2, 0.25) is 0 Å². The van der Waals surface area contributed by atoms with Crippen molar-refractivity contribution >= 4 is 17.0 Å². The monoisotopic (exact) mass is 263 g/mol. The van der Waals surface area contributed by atoms with E-state index in [-0.39, 0.29) is 0 Å². The predicted octanol–water partition coefficient (Wildman–Crippen LogP) is 3.85. The van der Waals surface area contributed by atoms with Crippen molar-refractivity contribution in [2.45, 2.75) is 33.2 Å². The van der Waals surface area contributed by atoms with Crippen molar-refractivity contribution < 1.29 is 0 Å². The smallest absolute Gasteiger partial charge is 0.0853 e. The SMILES string of the molecule is CCc1nn(C)cc1NC(c1cccs1)C(C)C. The van der Waals surface area contributed by atoms with Gasteiger partial charge < -0.3 is 5.32 Å². The molecule has 2 aromatic rings. The summed E-state index contributed by atoms with van der Waals surface area (Å²) in [7, 11) is 1.97. The summed E-state index contributed by atoms with van der Waals surface area (Å²) in [6, 6.07) is 4.67. The summed E-state index contributed by atoms with van der Waals surface area (Å²) in [6.45, 7) is 6.64. The molecule has 1 unspecified atom stereocenters. The van der Waals surface area contributed by atoms with E-state index in [1.54, 1.807) is 0 Å². The van der Waals surface area contributed by atoms with Crippen molar-refractivity contribution in [2.24, 2.45) is 13.0 Å². The summed E-state index contributed by atoms with van der Waals surface area (Å²) in [6.07, 6.45) is 3.03. The van der Waals surface area contributed by atoms with Crippen LogP contribution in [0.15, 0.2) is 23.7 Å². The largest absolute Gasteiger partial charge is 0.374 e. The molecule has 0 aliphatic heterocycles. The lowest BCUT2D eigenvalue weighted by Crippen LogP contribution is -2.16. The van der Waals surface area contributed by atoms with Gasteiger partial charge in [-0.15, -0.1) is 11.3 Å². The second kappa shape index (κ2) is 5.57. The maximum atomic E-state index is 4.48. The van der Waals surface area contributed by atoms with Gasteiger partial charge in [0.15, 0.2) is 0 Å². The number of aromatic nitrogens is 2. The molecule has 0 aliphatic carbocycles. The predicted molar refractivity (Wildman–Crippen MR) is 78.1 cm³/mol. The Labute approximate surface area is 113 Å². The summed E-state index contributed by atoms with van der Waals surface area (Å²) >= 11 is 1.81. The minimum Gasteiger partial charge on any atom is -0.374 e. The first kappa shape index (κ1) is 13.1. The van der Waals surface area contributed by atoms with Crippen LogP contribution in [0.4, 0.5) is 5.69 Å². The van der Waals surface area contributed by atoms with Crippen LogP contribution in [-0.2, 0) is 13.5 Å². The van der Waals surface area contributed by atoms with Gasteiger partial charge in [-0.05, 0) is 23.8 Å². The van der Waals surface area contributed by atoms with E-state index >= 15 is 0 Å². The van der Waals surface area contributed by atoms with E-state index in [0.29, 0.717) is 12.0 Å². The molecule has 0 saturated carbocycles. The highest BCUT2D eigenvalue weighted by atomic mass is 32.1. The molecule has 0 aliphatic rings. The molecule has 4 heteroatoms. The van der Waals surface area contributed by atoms with Crippen molar-refractivity contribution in [3.8, 4) is 0 Å². The highest BCUT2D eigenvalue weighted by Gasteiger charge is 2.18. The molecule has 1 N–H and O–H groups in total. The second-order valence-corrected chi connectivity index (χ2v) is 5.88. The highest BCUT2D eigenvalue weighted by molar-refractivity contribution is 7.10. The highest BCUT2D eigenvalue weighted by Crippen LogP contribution is 2.30. The lowest BCUT2D eigenvalue weighted by atomic mass is 10.0. The number of nitrogens with zero attached hydrogens (tertiary/aromatic N) is 2. The van der Waals surface area contributed by atoms with E-state index in [1.807, 2.05) is 23.1 Å². The maximum Gasteiger partial charge on any atom is 0.0853 e. The number of hydrogen-bond acceptors (Lipinski definition) is 3. The van der Waals surface area contributed by atoms with Gasteiger partial charge in [0.2, 0.25) is 0 Å². The fraction of sp³-hybridized carbons (Fsp3) is 0.500. The van der Waals surface area contributed by atoms with Gasteiger partial charge in [0.05, 0.1) is 17.4 Å². The third-order valence-corrected chi connectivity index (χ3v) is 4.02. The van der Waals surface area contributed by atoms with E-state index in [4.69, 9.17) is 0 Å². The van der Waals surface area contributed by atoms with Gasteiger partial charge in [0, 0.05) is 18.1 Å². The Bertz CT molecular complexity index is 485. The van der Waals surface area contributed by atoms with Crippen molar-refractivity contribution in [1.29, 1.82) is 0 Å². The molecule has 2 aromatic heterocycles. The maximum absolute atomic E-state index is 4.48. The number of nitrogens with one attached hydrogen (secondary N) is 1. The van der Waals surface area contributed by atoms with Crippen LogP contribution in [0.3, 0.4) is 0 Å². The standard InChI is InChI=1S/C14H21N3S/c1-5-11-12(9-17(4)16-11)15-14(10(2)3)13-7-6-8-18-13/h6-10,14-15H,5H2,1-4H3. The zero-order chi connectivity index (χ0) is 13.1. The van der Waals surface area contributed by atoms with Gasteiger partial charge in [0.25, 0.3) is 0 Å². The van der Waals surface area contributed by atoms with Gasteiger partial charge in [-0.1, -0.05) is 26.8 Å². The zero-order valence-corrected chi connectivity index (χ0v) is 12.3. The Morgan fingerprint density at radius 1 is 1.44 bits per heavy atom. The van der Waals surface area contributed by atoms with Gasteiger partial charge in [-0.3, -0.25) is 4.68 Å². The Morgan fingerprint density at radius 3 is 2.78 bits per heavy atom. The van der Waals surface area contributed by atoms with E-state index < -0.39 is 0 Å². The number of aryl methyl sites for hydroxylation is 2. The third-order valence-electron chi connectivity index (χ3n) is 3.07. The molecule has 3 nitrogen and oxygen atoms in total. The molecule has 0 fully saturated rings. The Morgan fingerprint density at radius 2 is 2.22 bits per heavy atom. The summed E-state index contributed by atoms with van der Waals surface area (Å²) in [5, 5.41) is 10.3. The molecule has 98 valence electrons. The van der Waals surface area contributed by atoms with Crippen LogP contribution < -0.4 is 5.32 Å². The summed E-state index contributed by atoms with van der Waals surface area (Å²) in [5.74, 6) is 0.550. The fourth-order valence-corrected chi connectivity index (χ4v) is 3.07. The Balaban J connectivity index is 2.24. The van der Waals surface area contributed by atoms with Gasteiger partial charge in [-0.2, -0.15) is 5.10 Å². The number of hydrogen-bond donors (Lipinski definition) is 1. The first-order valence-corrected chi connectivity index (χ1v) is 7.32. The molecular formula is C14H21N3S. The minimum atomic E-state index is 0.361. The average Bonchev–Trinajstić information content (AvgIpc) is 2.94. The normalized spacial score (nSPS) is 12.9. The van der Waals surface area contributed by atoms with Crippen LogP contribution in [-0.4, -0.2) is 9.78 Å². The van der Waals surface area contributed by atoms with Crippen LogP contribution in [0, 0.1) is 5.92 Å². The van der Waals surface area contributed by atoms with Crippen LogP contribution >= 0.6 is 11.3 Å².